The minimum absolute atomic E-state index is 0.685. The maximum Gasteiger partial charge on any atom is 0.160 e. The second-order valence-electron chi connectivity index (χ2n) is 13.7. The third-order valence-electron chi connectivity index (χ3n) is 10.5. The summed E-state index contributed by atoms with van der Waals surface area (Å²) in [5.74, 6) is 0.685. The molecule has 0 radical (unpaired) electrons. The highest BCUT2D eigenvalue weighted by molar-refractivity contribution is 7.26. The third kappa shape index (κ3) is 5.20. The van der Waals surface area contributed by atoms with E-state index in [1.807, 2.05) is 35.6 Å². The van der Waals surface area contributed by atoms with Crippen LogP contribution in [-0.4, -0.2) is 9.97 Å². The first-order chi connectivity index (χ1) is 27.3. The number of thiophene rings is 1. The van der Waals surface area contributed by atoms with Gasteiger partial charge in [-0.3, -0.25) is 0 Å². The summed E-state index contributed by atoms with van der Waals surface area (Å²) >= 11 is 1.83. The van der Waals surface area contributed by atoms with Crippen molar-refractivity contribution in [1.82, 2.24) is 9.97 Å². The highest BCUT2D eigenvalue weighted by atomic mass is 32.1. The summed E-state index contributed by atoms with van der Waals surface area (Å²) in [5.41, 5.74) is 9.69. The summed E-state index contributed by atoms with van der Waals surface area (Å²) in [7, 11) is 0. The van der Waals surface area contributed by atoms with Crippen molar-refractivity contribution in [3.8, 4) is 33.9 Å². The van der Waals surface area contributed by atoms with Crippen LogP contribution in [0.4, 0.5) is 17.1 Å². The van der Waals surface area contributed by atoms with Gasteiger partial charge in [-0.15, -0.1) is 11.3 Å². The second-order valence-corrected chi connectivity index (χ2v) is 14.8. The molecule has 11 rings (SSSR count). The molecule has 0 N–H and O–H groups in total. The molecule has 5 heteroatoms. The van der Waals surface area contributed by atoms with Gasteiger partial charge in [0.1, 0.15) is 11.2 Å². The number of fused-ring (bicyclic) bond motifs is 8. The summed E-state index contributed by atoms with van der Waals surface area (Å²) in [6, 6.07) is 65.9. The lowest BCUT2D eigenvalue weighted by Gasteiger charge is -2.27. The van der Waals surface area contributed by atoms with Crippen LogP contribution < -0.4 is 4.90 Å². The first kappa shape index (κ1) is 31.4. The van der Waals surface area contributed by atoms with Gasteiger partial charge in [0.05, 0.1) is 28.1 Å². The highest BCUT2D eigenvalue weighted by Gasteiger charge is 2.24. The Kier molecular flexibility index (Phi) is 7.32. The Balaban J connectivity index is 1.22. The molecular weight excluding hydrogens is 691 g/mol. The largest absolute Gasteiger partial charge is 0.455 e. The predicted molar refractivity (Wildman–Crippen MR) is 231 cm³/mol. The fourth-order valence-corrected chi connectivity index (χ4v) is 9.14. The van der Waals surface area contributed by atoms with Crippen molar-refractivity contribution in [3.05, 3.63) is 188 Å². The van der Waals surface area contributed by atoms with E-state index in [-0.39, 0.29) is 0 Å². The molecule has 55 heavy (non-hydrogen) atoms. The van der Waals surface area contributed by atoms with E-state index in [9.17, 15) is 0 Å². The zero-order chi connectivity index (χ0) is 36.3. The van der Waals surface area contributed by atoms with E-state index in [2.05, 4.69) is 169 Å². The van der Waals surface area contributed by atoms with Crippen LogP contribution in [0.2, 0.25) is 0 Å². The summed E-state index contributed by atoms with van der Waals surface area (Å²) in [5, 5.41) is 6.68. The number of benzene rings is 8. The Morgan fingerprint density at radius 3 is 1.82 bits per heavy atom. The van der Waals surface area contributed by atoms with Crippen LogP contribution in [0.3, 0.4) is 0 Å². The first-order valence-electron chi connectivity index (χ1n) is 18.4. The second kappa shape index (κ2) is 12.8. The van der Waals surface area contributed by atoms with Gasteiger partial charge in [-0.05, 0) is 60.0 Å². The number of para-hydroxylation sites is 1. The van der Waals surface area contributed by atoms with Gasteiger partial charge in [-0.2, -0.15) is 0 Å². The van der Waals surface area contributed by atoms with Gasteiger partial charge in [0, 0.05) is 53.3 Å². The minimum Gasteiger partial charge on any atom is -0.455 e. The van der Waals surface area contributed by atoms with E-state index < -0.39 is 0 Å². The van der Waals surface area contributed by atoms with Crippen LogP contribution in [-0.2, 0) is 0 Å². The van der Waals surface area contributed by atoms with E-state index in [1.54, 1.807) is 0 Å². The Morgan fingerprint density at radius 1 is 0.436 bits per heavy atom. The van der Waals surface area contributed by atoms with Crippen LogP contribution in [0.5, 0.6) is 0 Å². The summed E-state index contributed by atoms with van der Waals surface area (Å²) in [4.78, 5) is 12.8. The zero-order valence-electron chi connectivity index (χ0n) is 29.6. The molecule has 0 aliphatic rings. The van der Waals surface area contributed by atoms with E-state index >= 15 is 0 Å². The van der Waals surface area contributed by atoms with Crippen LogP contribution in [0.1, 0.15) is 0 Å². The van der Waals surface area contributed by atoms with Gasteiger partial charge < -0.3 is 9.32 Å². The van der Waals surface area contributed by atoms with Gasteiger partial charge in [0.2, 0.25) is 0 Å². The lowest BCUT2D eigenvalue weighted by Crippen LogP contribution is -2.10. The molecule has 0 saturated carbocycles. The molecule has 3 aromatic heterocycles. The lowest BCUT2D eigenvalue weighted by molar-refractivity contribution is 0.672. The standard InChI is InChI=1S/C50H31N3OS/c1-4-16-32(17-5-1)40-31-41(52-50(51-40)33-18-6-2-7-19-33)38-30-39-47-42(25-14-27-44(47)54-49(39)36-23-11-10-22-35(36)38)53(34-20-8-3-9-21-34)43-26-15-29-46-48(43)37-24-12-13-28-45(37)55-46/h1-31H. The molecule has 0 spiro atoms. The Morgan fingerprint density at radius 2 is 1.04 bits per heavy atom. The van der Waals surface area contributed by atoms with Gasteiger partial charge in [0.25, 0.3) is 0 Å². The Bertz CT molecular complexity index is 3150. The average Bonchev–Trinajstić information content (AvgIpc) is 3.84. The van der Waals surface area contributed by atoms with Crippen LogP contribution in [0.25, 0.3) is 86.8 Å². The van der Waals surface area contributed by atoms with Crippen molar-refractivity contribution < 1.29 is 4.42 Å². The normalized spacial score (nSPS) is 11.6. The molecule has 0 fully saturated rings. The fraction of sp³-hybridized carbons (Fsp3) is 0. The lowest BCUT2D eigenvalue weighted by atomic mass is 9.96. The van der Waals surface area contributed by atoms with Crippen molar-refractivity contribution in [3.63, 3.8) is 0 Å². The average molecular weight is 722 g/mol. The number of hydrogen-bond donors (Lipinski definition) is 0. The molecule has 8 aromatic carbocycles. The third-order valence-corrected chi connectivity index (χ3v) is 11.6. The molecule has 0 saturated heterocycles. The number of nitrogens with zero attached hydrogens (tertiary/aromatic N) is 3. The fourth-order valence-electron chi connectivity index (χ4n) is 8.01. The molecule has 0 bridgehead atoms. The van der Waals surface area contributed by atoms with E-state index in [4.69, 9.17) is 14.4 Å². The highest BCUT2D eigenvalue weighted by Crippen LogP contribution is 2.49. The molecule has 4 nitrogen and oxygen atoms in total. The van der Waals surface area contributed by atoms with Crippen molar-refractivity contribution in [2.45, 2.75) is 0 Å². The van der Waals surface area contributed by atoms with Crippen LogP contribution in [0, 0.1) is 0 Å². The van der Waals surface area contributed by atoms with Gasteiger partial charge in [0.15, 0.2) is 5.82 Å². The van der Waals surface area contributed by atoms with Crippen molar-refractivity contribution in [2.75, 3.05) is 4.90 Å². The number of furan rings is 1. The molecule has 0 aliphatic carbocycles. The predicted octanol–water partition coefficient (Wildman–Crippen LogP) is 14.4. The van der Waals surface area contributed by atoms with Gasteiger partial charge in [-0.25, -0.2) is 9.97 Å². The molecule has 258 valence electrons. The van der Waals surface area contributed by atoms with Crippen molar-refractivity contribution in [1.29, 1.82) is 0 Å². The Labute approximate surface area is 321 Å². The monoisotopic (exact) mass is 721 g/mol. The maximum atomic E-state index is 6.89. The molecule has 11 aromatic rings. The number of aromatic nitrogens is 2. The quantitative estimate of drug-likeness (QED) is 0.171. The molecule has 0 atom stereocenters. The number of anilines is 3. The minimum atomic E-state index is 0.685. The summed E-state index contributed by atoms with van der Waals surface area (Å²) in [6.45, 7) is 0. The van der Waals surface area contributed by atoms with E-state index in [1.165, 1.54) is 20.2 Å². The SMILES string of the molecule is c1ccc(-c2cc(-c3cc4c(oc5cccc(N(c6ccccc6)c6cccc7sc8ccccc8c67)c54)c4ccccc34)nc(-c3ccccc3)n2)cc1. The maximum absolute atomic E-state index is 6.89. The topological polar surface area (TPSA) is 42.2 Å². The van der Waals surface area contributed by atoms with Crippen molar-refractivity contribution >= 4 is 81.3 Å². The summed E-state index contributed by atoms with van der Waals surface area (Å²) < 4.78 is 9.42. The smallest absolute Gasteiger partial charge is 0.160 e. The van der Waals surface area contributed by atoms with Gasteiger partial charge >= 0.3 is 0 Å². The van der Waals surface area contributed by atoms with E-state index in [0.29, 0.717) is 5.82 Å². The Hall–Kier alpha value is -7.08. The number of rotatable bonds is 6. The molecule has 0 aliphatic heterocycles. The molecule has 3 heterocycles. The molecule has 0 amide bonds. The zero-order valence-corrected chi connectivity index (χ0v) is 30.4. The molecular formula is C50H31N3OS. The van der Waals surface area contributed by atoms with Crippen LogP contribution >= 0.6 is 11.3 Å². The van der Waals surface area contributed by atoms with E-state index in [0.717, 1.165) is 77.9 Å². The van der Waals surface area contributed by atoms with Gasteiger partial charge in [-0.1, -0.05) is 133 Å². The first-order valence-corrected chi connectivity index (χ1v) is 19.2. The van der Waals surface area contributed by atoms with Crippen molar-refractivity contribution in [2.24, 2.45) is 0 Å². The van der Waals surface area contributed by atoms with Crippen LogP contribution in [0.15, 0.2) is 192 Å². The number of hydrogen-bond acceptors (Lipinski definition) is 5. The molecule has 0 unspecified atom stereocenters. The summed E-state index contributed by atoms with van der Waals surface area (Å²) in [6.07, 6.45) is 0.